The quantitative estimate of drug-likeness (QED) is 0.648. The first-order valence-electron chi connectivity index (χ1n) is 4.62. The Labute approximate surface area is 80.0 Å². The van der Waals surface area contributed by atoms with Crippen LogP contribution in [0.4, 0.5) is 0 Å². The molecule has 78 valence electrons. The van der Waals surface area contributed by atoms with Gasteiger partial charge in [-0.2, -0.15) is 0 Å². The number of carbonyl (C=O) groups excluding carboxylic acids is 1. The lowest BCUT2D eigenvalue weighted by Gasteiger charge is -2.26. The van der Waals surface area contributed by atoms with Gasteiger partial charge in [0.25, 0.3) is 0 Å². The lowest BCUT2D eigenvalue weighted by molar-refractivity contribution is -0.133. The predicted octanol–water partition coefficient (Wildman–Crippen LogP) is 0.219. The molecular weight excluding hydrogens is 168 g/mol. The molecule has 0 aromatic carbocycles. The maximum atomic E-state index is 11.5. The second-order valence-corrected chi connectivity index (χ2v) is 3.21. The third-order valence-corrected chi connectivity index (χ3v) is 1.83. The summed E-state index contributed by atoms with van der Waals surface area (Å²) in [7, 11) is 1.59. The van der Waals surface area contributed by atoms with Crippen LogP contribution in [0.1, 0.15) is 20.3 Å². The average Bonchev–Trinajstić information content (AvgIpc) is 2.09. The van der Waals surface area contributed by atoms with E-state index in [1.807, 2.05) is 13.8 Å². The van der Waals surface area contributed by atoms with Gasteiger partial charge in [-0.3, -0.25) is 4.79 Å². The minimum absolute atomic E-state index is 0.113. The van der Waals surface area contributed by atoms with Gasteiger partial charge >= 0.3 is 0 Å². The first kappa shape index (κ1) is 12.4. The Morgan fingerprint density at radius 1 is 1.54 bits per heavy atom. The van der Waals surface area contributed by atoms with E-state index < -0.39 is 0 Å². The van der Waals surface area contributed by atoms with E-state index in [2.05, 4.69) is 0 Å². The number of carbonyl (C=O) groups is 1. The molecule has 0 aliphatic carbocycles. The van der Waals surface area contributed by atoms with E-state index in [1.165, 1.54) is 0 Å². The molecule has 13 heavy (non-hydrogen) atoms. The highest BCUT2D eigenvalue weighted by atomic mass is 16.5. The van der Waals surface area contributed by atoms with Gasteiger partial charge in [-0.1, -0.05) is 0 Å². The Morgan fingerprint density at radius 3 is 2.54 bits per heavy atom. The first-order chi connectivity index (χ1) is 6.13. The minimum Gasteiger partial charge on any atom is -0.384 e. The summed E-state index contributed by atoms with van der Waals surface area (Å²) in [4.78, 5) is 13.3. The lowest BCUT2D eigenvalue weighted by atomic mass is 10.2. The molecule has 4 nitrogen and oxygen atoms in total. The van der Waals surface area contributed by atoms with Crippen LogP contribution >= 0.6 is 0 Å². The van der Waals surface area contributed by atoms with Crippen molar-refractivity contribution < 1.29 is 9.53 Å². The van der Waals surface area contributed by atoms with Crippen molar-refractivity contribution in [1.29, 1.82) is 0 Å². The van der Waals surface area contributed by atoms with Gasteiger partial charge in [-0.25, -0.2) is 0 Å². The number of rotatable bonds is 6. The molecule has 4 heteroatoms. The molecule has 0 aromatic rings. The van der Waals surface area contributed by atoms with E-state index in [0.29, 0.717) is 26.1 Å². The summed E-state index contributed by atoms with van der Waals surface area (Å²) >= 11 is 0. The van der Waals surface area contributed by atoms with Gasteiger partial charge in [-0.05, 0) is 13.8 Å². The van der Waals surface area contributed by atoms with Crippen LogP contribution in [0.2, 0.25) is 0 Å². The summed E-state index contributed by atoms with van der Waals surface area (Å²) in [6.45, 7) is 5.59. The Morgan fingerprint density at radius 2 is 2.15 bits per heavy atom. The van der Waals surface area contributed by atoms with Crippen molar-refractivity contribution in [3.63, 3.8) is 0 Å². The molecule has 0 spiro atoms. The molecule has 0 aliphatic rings. The molecule has 0 aromatic heterocycles. The fourth-order valence-electron chi connectivity index (χ4n) is 1.14. The molecule has 0 atom stereocenters. The fraction of sp³-hybridized carbons (Fsp3) is 0.889. The van der Waals surface area contributed by atoms with Crippen molar-refractivity contribution in [1.82, 2.24) is 4.90 Å². The average molecular weight is 188 g/mol. The van der Waals surface area contributed by atoms with Crippen LogP contribution in [0, 0.1) is 0 Å². The zero-order valence-electron chi connectivity index (χ0n) is 8.75. The third-order valence-electron chi connectivity index (χ3n) is 1.83. The molecule has 2 N–H and O–H groups in total. The van der Waals surface area contributed by atoms with Crippen LogP contribution in [0.25, 0.3) is 0 Å². The van der Waals surface area contributed by atoms with Crippen molar-refractivity contribution in [2.45, 2.75) is 26.3 Å². The van der Waals surface area contributed by atoms with E-state index in [-0.39, 0.29) is 11.9 Å². The summed E-state index contributed by atoms with van der Waals surface area (Å²) in [5.74, 6) is 0.113. The molecule has 0 rings (SSSR count). The highest BCUT2D eigenvalue weighted by Gasteiger charge is 2.14. The zero-order chi connectivity index (χ0) is 10.3. The number of nitrogens with zero attached hydrogens (tertiary/aromatic N) is 1. The Hall–Kier alpha value is -0.610. The zero-order valence-corrected chi connectivity index (χ0v) is 8.75. The van der Waals surface area contributed by atoms with Crippen LogP contribution in [0.3, 0.4) is 0 Å². The number of nitrogens with two attached hydrogens (primary N) is 1. The maximum absolute atomic E-state index is 11.5. The first-order valence-corrected chi connectivity index (χ1v) is 4.62. The number of amides is 1. The summed E-state index contributed by atoms with van der Waals surface area (Å²) in [5, 5.41) is 0. The lowest BCUT2D eigenvalue weighted by Crippen LogP contribution is -2.40. The van der Waals surface area contributed by atoms with Gasteiger partial charge in [0, 0.05) is 26.2 Å². The number of hydrogen-bond acceptors (Lipinski definition) is 3. The van der Waals surface area contributed by atoms with Crippen molar-refractivity contribution in [3.05, 3.63) is 0 Å². The Bertz CT molecular complexity index is 149. The SMILES string of the molecule is COCCC(=O)N(CCN)C(C)C. The monoisotopic (exact) mass is 188 g/mol. The molecule has 1 amide bonds. The topological polar surface area (TPSA) is 55.6 Å². The van der Waals surface area contributed by atoms with Gasteiger partial charge in [0.05, 0.1) is 13.0 Å². The fourth-order valence-corrected chi connectivity index (χ4v) is 1.14. The van der Waals surface area contributed by atoms with Crippen LogP contribution < -0.4 is 5.73 Å². The van der Waals surface area contributed by atoms with Crippen molar-refractivity contribution >= 4 is 5.91 Å². The van der Waals surface area contributed by atoms with Crippen molar-refractivity contribution in [3.8, 4) is 0 Å². The molecule has 0 saturated carbocycles. The molecule has 0 saturated heterocycles. The third kappa shape index (κ3) is 4.85. The van der Waals surface area contributed by atoms with Gasteiger partial charge in [0.15, 0.2) is 0 Å². The van der Waals surface area contributed by atoms with Gasteiger partial charge in [0.1, 0.15) is 0 Å². The maximum Gasteiger partial charge on any atom is 0.225 e. The highest BCUT2D eigenvalue weighted by Crippen LogP contribution is 2.00. The molecule has 0 fully saturated rings. The van der Waals surface area contributed by atoms with E-state index in [4.69, 9.17) is 10.5 Å². The van der Waals surface area contributed by atoms with E-state index in [9.17, 15) is 4.79 Å². The van der Waals surface area contributed by atoms with Crippen LogP contribution in [-0.2, 0) is 9.53 Å². The number of hydrogen-bond donors (Lipinski definition) is 1. The summed E-state index contributed by atoms with van der Waals surface area (Å²) < 4.78 is 4.84. The molecule has 0 bridgehead atoms. The molecule has 0 radical (unpaired) electrons. The van der Waals surface area contributed by atoms with E-state index >= 15 is 0 Å². The molecular formula is C9H20N2O2. The van der Waals surface area contributed by atoms with Crippen molar-refractivity contribution in [2.24, 2.45) is 5.73 Å². The molecule has 0 unspecified atom stereocenters. The number of methoxy groups -OCH3 is 1. The normalized spacial score (nSPS) is 10.5. The van der Waals surface area contributed by atoms with E-state index in [0.717, 1.165) is 0 Å². The number of ether oxygens (including phenoxy) is 1. The van der Waals surface area contributed by atoms with Gasteiger partial charge in [0.2, 0.25) is 5.91 Å². The molecule has 0 heterocycles. The largest absolute Gasteiger partial charge is 0.384 e. The van der Waals surface area contributed by atoms with Gasteiger partial charge < -0.3 is 15.4 Å². The van der Waals surface area contributed by atoms with Crippen molar-refractivity contribution in [2.75, 3.05) is 26.8 Å². The second-order valence-electron chi connectivity index (χ2n) is 3.21. The summed E-state index contributed by atoms with van der Waals surface area (Å²) in [6.07, 6.45) is 0.439. The molecule has 0 aliphatic heterocycles. The minimum atomic E-state index is 0.113. The Balaban J connectivity index is 3.96. The van der Waals surface area contributed by atoms with E-state index in [1.54, 1.807) is 12.0 Å². The Kier molecular flexibility index (Phi) is 6.54. The second kappa shape index (κ2) is 6.86. The highest BCUT2D eigenvalue weighted by molar-refractivity contribution is 5.76. The summed E-state index contributed by atoms with van der Waals surface area (Å²) in [6, 6.07) is 0.216. The standard InChI is InChI=1S/C9H20N2O2/c1-8(2)11(6-5-10)9(12)4-7-13-3/h8H,4-7,10H2,1-3H3. The van der Waals surface area contributed by atoms with Gasteiger partial charge in [-0.15, -0.1) is 0 Å². The summed E-state index contributed by atoms with van der Waals surface area (Å²) in [5.41, 5.74) is 5.41. The smallest absolute Gasteiger partial charge is 0.225 e. The predicted molar refractivity (Wildman–Crippen MR) is 52.4 cm³/mol. The van der Waals surface area contributed by atoms with Crippen LogP contribution in [0.5, 0.6) is 0 Å². The van der Waals surface area contributed by atoms with Crippen LogP contribution in [0.15, 0.2) is 0 Å². The van der Waals surface area contributed by atoms with Crippen LogP contribution in [-0.4, -0.2) is 43.7 Å².